The second-order valence-corrected chi connectivity index (χ2v) is 5.94. The lowest BCUT2D eigenvalue weighted by atomic mass is 10.2. The zero-order chi connectivity index (χ0) is 16.1. The van der Waals surface area contributed by atoms with Gasteiger partial charge in [-0.1, -0.05) is 35.3 Å². The van der Waals surface area contributed by atoms with Gasteiger partial charge in [-0.15, -0.1) is 0 Å². The SMILES string of the molecule is CC(N)CCC(=O)Nc1ccnn1Cc1cccc(Cl)c1Cl. The summed E-state index contributed by atoms with van der Waals surface area (Å²) in [6, 6.07) is 7.17. The fraction of sp³-hybridized carbons (Fsp3) is 0.333. The summed E-state index contributed by atoms with van der Waals surface area (Å²) in [5.41, 5.74) is 6.49. The number of rotatable bonds is 6. The van der Waals surface area contributed by atoms with Crippen LogP contribution in [0, 0.1) is 0 Å². The van der Waals surface area contributed by atoms with E-state index in [1.165, 1.54) is 0 Å². The van der Waals surface area contributed by atoms with Gasteiger partial charge >= 0.3 is 0 Å². The Hall–Kier alpha value is -1.56. The molecule has 0 bridgehead atoms. The highest BCUT2D eigenvalue weighted by atomic mass is 35.5. The molecule has 0 aliphatic carbocycles. The van der Waals surface area contributed by atoms with Gasteiger partial charge in [0.15, 0.2) is 0 Å². The Labute approximate surface area is 139 Å². The van der Waals surface area contributed by atoms with Crippen LogP contribution in [0.2, 0.25) is 10.0 Å². The Morgan fingerprint density at radius 1 is 1.41 bits per heavy atom. The average molecular weight is 341 g/mol. The van der Waals surface area contributed by atoms with Crippen molar-refractivity contribution < 1.29 is 4.79 Å². The van der Waals surface area contributed by atoms with E-state index in [4.69, 9.17) is 28.9 Å². The molecule has 1 aromatic heterocycles. The molecule has 0 radical (unpaired) electrons. The maximum atomic E-state index is 11.9. The lowest BCUT2D eigenvalue weighted by molar-refractivity contribution is -0.116. The van der Waals surface area contributed by atoms with Crippen molar-refractivity contribution in [1.29, 1.82) is 0 Å². The predicted octanol–water partition coefficient (Wildman–Crippen LogP) is 3.30. The predicted molar refractivity (Wildman–Crippen MR) is 89.3 cm³/mol. The summed E-state index contributed by atoms with van der Waals surface area (Å²) in [7, 11) is 0. The fourth-order valence-electron chi connectivity index (χ4n) is 1.96. The summed E-state index contributed by atoms with van der Waals surface area (Å²) >= 11 is 12.2. The van der Waals surface area contributed by atoms with Gasteiger partial charge in [-0.2, -0.15) is 5.10 Å². The molecule has 1 aromatic carbocycles. The molecule has 2 aromatic rings. The number of carbonyl (C=O) groups is 1. The summed E-state index contributed by atoms with van der Waals surface area (Å²) in [4.78, 5) is 11.9. The van der Waals surface area contributed by atoms with Gasteiger partial charge < -0.3 is 11.1 Å². The standard InChI is InChI=1S/C15H18Cl2N4O/c1-10(18)5-6-14(22)20-13-7-8-19-21(13)9-11-3-2-4-12(16)15(11)17/h2-4,7-8,10H,5-6,9,18H2,1H3,(H,20,22). The van der Waals surface area contributed by atoms with Crippen molar-refractivity contribution in [3.63, 3.8) is 0 Å². The minimum absolute atomic E-state index is 0.000859. The molecule has 0 spiro atoms. The van der Waals surface area contributed by atoms with Crippen LogP contribution in [-0.4, -0.2) is 21.7 Å². The minimum atomic E-state index is -0.0868. The molecule has 7 heteroatoms. The Balaban J connectivity index is 2.06. The third-order valence-electron chi connectivity index (χ3n) is 3.16. The zero-order valence-electron chi connectivity index (χ0n) is 12.2. The van der Waals surface area contributed by atoms with Gasteiger partial charge in [-0.05, 0) is 25.0 Å². The Kier molecular flexibility index (Phi) is 5.83. The van der Waals surface area contributed by atoms with Gasteiger partial charge in [-0.3, -0.25) is 4.79 Å². The third kappa shape index (κ3) is 4.47. The van der Waals surface area contributed by atoms with E-state index in [0.717, 1.165) is 5.56 Å². The maximum absolute atomic E-state index is 11.9. The van der Waals surface area contributed by atoms with Crippen LogP contribution in [0.15, 0.2) is 30.5 Å². The smallest absolute Gasteiger partial charge is 0.225 e. The number of carbonyl (C=O) groups excluding carboxylic acids is 1. The maximum Gasteiger partial charge on any atom is 0.225 e. The summed E-state index contributed by atoms with van der Waals surface area (Å²) in [5, 5.41) is 8.02. The van der Waals surface area contributed by atoms with Crippen molar-refractivity contribution in [3.05, 3.63) is 46.1 Å². The number of amides is 1. The quantitative estimate of drug-likeness (QED) is 0.847. The first-order valence-corrected chi connectivity index (χ1v) is 7.73. The van der Waals surface area contributed by atoms with E-state index in [2.05, 4.69) is 10.4 Å². The monoisotopic (exact) mass is 340 g/mol. The van der Waals surface area contributed by atoms with Crippen LogP contribution in [0.5, 0.6) is 0 Å². The lowest BCUT2D eigenvalue weighted by Gasteiger charge is -2.11. The first kappa shape index (κ1) is 16.8. The van der Waals surface area contributed by atoms with Crippen molar-refractivity contribution in [3.8, 4) is 0 Å². The summed E-state index contributed by atoms with van der Waals surface area (Å²) in [6.07, 6.45) is 2.64. The van der Waals surface area contributed by atoms with E-state index in [0.29, 0.717) is 35.2 Å². The van der Waals surface area contributed by atoms with Crippen molar-refractivity contribution in [2.75, 3.05) is 5.32 Å². The molecule has 1 atom stereocenters. The number of nitrogens with zero attached hydrogens (tertiary/aromatic N) is 2. The van der Waals surface area contributed by atoms with Crippen molar-refractivity contribution in [2.45, 2.75) is 32.4 Å². The van der Waals surface area contributed by atoms with Crippen LogP contribution < -0.4 is 11.1 Å². The van der Waals surface area contributed by atoms with Gasteiger partial charge in [0.05, 0.1) is 22.8 Å². The van der Waals surface area contributed by atoms with Gasteiger partial charge in [0.2, 0.25) is 5.91 Å². The third-order valence-corrected chi connectivity index (χ3v) is 4.02. The molecule has 118 valence electrons. The number of aromatic nitrogens is 2. The first-order valence-electron chi connectivity index (χ1n) is 6.97. The molecule has 0 aliphatic rings. The van der Waals surface area contributed by atoms with E-state index >= 15 is 0 Å². The minimum Gasteiger partial charge on any atom is -0.328 e. The van der Waals surface area contributed by atoms with Gasteiger partial charge in [0.1, 0.15) is 5.82 Å². The molecule has 1 heterocycles. The van der Waals surface area contributed by atoms with Crippen LogP contribution in [-0.2, 0) is 11.3 Å². The van der Waals surface area contributed by atoms with E-state index in [-0.39, 0.29) is 11.9 Å². The average Bonchev–Trinajstić information content (AvgIpc) is 2.89. The molecule has 0 saturated heterocycles. The highest BCUT2D eigenvalue weighted by Gasteiger charge is 2.11. The second-order valence-electron chi connectivity index (χ2n) is 5.15. The number of hydrogen-bond donors (Lipinski definition) is 2. The molecule has 2 rings (SSSR count). The molecule has 1 unspecified atom stereocenters. The number of anilines is 1. The fourth-order valence-corrected chi connectivity index (χ4v) is 2.34. The largest absolute Gasteiger partial charge is 0.328 e. The highest BCUT2D eigenvalue weighted by molar-refractivity contribution is 6.42. The number of hydrogen-bond acceptors (Lipinski definition) is 3. The van der Waals surface area contributed by atoms with Crippen LogP contribution in [0.1, 0.15) is 25.3 Å². The summed E-state index contributed by atoms with van der Waals surface area (Å²) in [5.74, 6) is 0.530. The van der Waals surface area contributed by atoms with E-state index in [9.17, 15) is 4.79 Å². The van der Waals surface area contributed by atoms with Gasteiger partial charge in [0.25, 0.3) is 0 Å². The Morgan fingerprint density at radius 3 is 2.91 bits per heavy atom. The number of nitrogens with one attached hydrogen (secondary N) is 1. The Morgan fingerprint density at radius 2 is 2.18 bits per heavy atom. The van der Waals surface area contributed by atoms with Gasteiger partial charge in [0, 0.05) is 18.5 Å². The topological polar surface area (TPSA) is 72.9 Å². The second kappa shape index (κ2) is 7.63. The van der Waals surface area contributed by atoms with Gasteiger partial charge in [-0.25, -0.2) is 4.68 Å². The summed E-state index contributed by atoms with van der Waals surface area (Å²) < 4.78 is 1.67. The lowest BCUT2D eigenvalue weighted by Crippen LogP contribution is -2.20. The molecule has 1 amide bonds. The molecule has 0 saturated carbocycles. The Bertz CT molecular complexity index is 655. The summed E-state index contributed by atoms with van der Waals surface area (Å²) in [6.45, 7) is 2.30. The van der Waals surface area contributed by atoms with E-state index in [1.54, 1.807) is 23.0 Å². The number of nitrogens with two attached hydrogens (primary N) is 1. The molecule has 3 N–H and O–H groups in total. The van der Waals surface area contributed by atoms with Crippen LogP contribution in [0.4, 0.5) is 5.82 Å². The van der Waals surface area contributed by atoms with Crippen LogP contribution in [0.3, 0.4) is 0 Å². The highest BCUT2D eigenvalue weighted by Crippen LogP contribution is 2.26. The van der Waals surface area contributed by atoms with Crippen molar-refractivity contribution >= 4 is 34.9 Å². The molecule has 22 heavy (non-hydrogen) atoms. The zero-order valence-corrected chi connectivity index (χ0v) is 13.7. The first-order chi connectivity index (χ1) is 10.5. The van der Waals surface area contributed by atoms with E-state index < -0.39 is 0 Å². The molecule has 0 fully saturated rings. The molecular weight excluding hydrogens is 323 g/mol. The van der Waals surface area contributed by atoms with Crippen LogP contribution >= 0.6 is 23.2 Å². The molecular formula is C15H18Cl2N4O. The van der Waals surface area contributed by atoms with Crippen molar-refractivity contribution in [1.82, 2.24) is 9.78 Å². The number of benzene rings is 1. The van der Waals surface area contributed by atoms with Crippen molar-refractivity contribution in [2.24, 2.45) is 5.73 Å². The molecule has 5 nitrogen and oxygen atoms in total. The molecule has 0 aliphatic heterocycles. The number of halogens is 2. The normalized spacial score (nSPS) is 12.2. The van der Waals surface area contributed by atoms with E-state index in [1.807, 2.05) is 19.1 Å². The van der Waals surface area contributed by atoms with Crippen LogP contribution in [0.25, 0.3) is 0 Å².